The number of benzene rings is 1. The first-order valence-electron chi connectivity index (χ1n) is 6.77. The van der Waals surface area contributed by atoms with Crippen LogP contribution in [0.5, 0.6) is 0 Å². The van der Waals surface area contributed by atoms with Crippen LogP contribution in [0.1, 0.15) is 12.0 Å². The zero-order valence-corrected chi connectivity index (χ0v) is 14.5. The van der Waals surface area contributed by atoms with Crippen LogP contribution in [0.2, 0.25) is 0 Å². The molecular formula is C15H17Cl2NO3S. The molecule has 0 radical (unpaired) electrons. The Hall–Kier alpha value is -1.04. The molecule has 1 aliphatic rings. The van der Waals surface area contributed by atoms with Crippen LogP contribution < -0.4 is 0 Å². The maximum absolute atomic E-state index is 12.7. The number of carbonyl (C=O) groups excluding carboxylic acids is 1. The van der Waals surface area contributed by atoms with E-state index in [4.69, 9.17) is 23.2 Å². The summed E-state index contributed by atoms with van der Waals surface area (Å²) in [5.74, 6) is -0.995. The summed E-state index contributed by atoms with van der Waals surface area (Å²) in [5.41, 5.74) is 0.934. The number of sulfonamides is 1. The van der Waals surface area contributed by atoms with Crippen molar-refractivity contribution in [2.75, 3.05) is 12.4 Å². The molecule has 0 unspecified atom stereocenters. The number of allylic oxidation sites excluding steroid dienone is 1. The van der Waals surface area contributed by atoms with Crippen molar-refractivity contribution in [3.05, 3.63) is 42.5 Å². The van der Waals surface area contributed by atoms with Crippen molar-refractivity contribution in [2.45, 2.75) is 23.1 Å². The van der Waals surface area contributed by atoms with E-state index < -0.39 is 26.7 Å². The van der Waals surface area contributed by atoms with Gasteiger partial charge >= 0.3 is 0 Å². The average molecular weight is 362 g/mol. The van der Waals surface area contributed by atoms with E-state index in [-0.39, 0.29) is 23.7 Å². The van der Waals surface area contributed by atoms with Gasteiger partial charge in [-0.2, -0.15) is 0 Å². The van der Waals surface area contributed by atoms with Gasteiger partial charge in [-0.3, -0.25) is 4.79 Å². The van der Waals surface area contributed by atoms with Gasteiger partial charge in [0.1, 0.15) is 4.87 Å². The molecule has 0 saturated carbocycles. The summed E-state index contributed by atoms with van der Waals surface area (Å²) in [6.07, 6.45) is 1.68. The second-order valence-electron chi connectivity index (χ2n) is 5.36. The zero-order chi connectivity index (χ0) is 16.5. The lowest BCUT2D eigenvalue weighted by atomic mass is 9.93. The van der Waals surface area contributed by atoms with Gasteiger partial charge in [-0.25, -0.2) is 12.7 Å². The van der Waals surface area contributed by atoms with Crippen molar-refractivity contribution >= 4 is 39.1 Å². The van der Waals surface area contributed by atoms with Crippen molar-refractivity contribution in [2.24, 2.45) is 5.92 Å². The largest absolute Gasteiger partial charge is 0.272 e. The zero-order valence-electron chi connectivity index (χ0n) is 12.1. The van der Waals surface area contributed by atoms with Crippen LogP contribution in [0.3, 0.4) is 0 Å². The van der Waals surface area contributed by atoms with E-state index in [9.17, 15) is 13.2 Å². The molecule has 0 N–H and O–H groups in total. The third-order valence-corrected chi connectivity index (χ3v) is 6.61. The standard InChI is InChI=1S/C15H17Cl2NO3S/c1-3-8-15(17)12(9-16)10-18(14(15)19)22(20,21)13-6-4-11(2)5-7-13/h3-7,12H,1,8-10H2,2H3/t12-,15-/m1/s1. The predicted octanol–water partition coefficient (Wildman–Crippen LogP) is 2.93. The monoisotopic (exact) mass is 361 g/mol. The summed E-state index contributed by atoms with van der Waals surface area (Å²) in [4.78, 5) is 11.3. The highest BCUT2D eigenvalue weighted by Gasteiger charge is 2.55. The van der Waals surface area contributed by atoms with Crippen LogP contribution in [0, 0.1) is 12.8 Å². The van der Waals surface area contributed by atoms with E-state index in [1.54, 1.807) is 12.1 Å². The van der Waals surface area contributed by atoms with E-state index in [0.29, 0.717) is 0 Å². The Labute approximate surface area is 140 Å². The molecule has 1 aliphatic heterocycles. The van der Waals surface area contributed by atoms with Gasteiger partial charge in [-0.1, -0.05) is 23.8 Å². The van der Waals surface area contributed by atoms with Gasteiger partial charge in [0.2, 0.25) is 0 Å². The van der Waals surface area contributed by atoms with Crippen molar-refractivity contribution in [1.82, 2.24) is 4.31 Å². The third kappa shape index (κ3) is 2.77. The number of nitrogens with zero attached hydrogens (tertiary/aromatic N) is 1. The predicted molar refractivity (Wildman–Crippen MR) is 87.7 cm³/mol. The first-order valence-corrected chi connectivity index (χ1v) is 9.12. The number of alkyl halides is 2. The lowest BCUT2D eigenvalue weighted by molar-refractivity contribution is -0.126. The fourth-order valence-electron chi connectivity index (χ4n) is 2.49. The molecule has 120 valence electrons. The molecule has 1 heterocycles. The van der Waals surface area contributed by atoms with Crippen molar-refractivity contribution in [1.29, 1.82) is 0 Å². The van der Waals surface area contributed by atoms with Crippen molar-refractivity contribution in [3.63, 3.8) is 0 Å². The molecule has 2 atom stereocenters. The fourth-order valence-corrected chi connectivity index (χ4v) is 4.83. The van der Waals surface area contributed by atoms with Crippen molar-refractivity contribution in [3.8, 4) is 0 Å². The Kier molecular flexibility index (Phi) is 4.90. The molecule has 1 fully saturated rings. The topological polar surface area (TPSA) is 54.5 Å². The van der Waals surface area contributed by atoms with Crippen LogP contribution in [0.25, 0.3) is 0 Å². The Morgan fingerprint density at radius 1 is 1.41 bits per heavy atom. The van der Waals surface area contributed by atoms with Gasteiger partial charge in [-0.15, -0.1) is 29.8 Å². The minimum absolute atomic E-state index is 0.0180. The smallest absolute Gasteiger partial charge is 0.266 e. The summed E-state index contributed by atoms with van der Waals surface area (Å²) in [7, 11) is -3.93. The van der Waals surface area contributed by atoms with E-state index in [0.717, 1.165) is 9.87 Å². The van der Waals surface area contributed by atoms with Gasteiger partial charge in [0.05, 0.1) is 4.90 Å². The van der Waals surface area contributed by atoms with Gasteiger partial charge in [0.15, 0.2) is 0 Å². The van der Waals surface area contributed by atoms with E-state index in [1.807, 2.05) is 6.92 Å². The van der Waals surface area contributed by atoms with E-state index in [1.165, 1.54) is 18.2 Å². The van der Waals surface area contributed by atoms with Gasteiger partial charge in [0, 0.05) is 18.3 Å². The number of hydrogen-bond acceptors (Lipinski definition) is 3. The quantitative estimate of drug-likeness (QED) is 0.598. The average Bonchev–Trinajstić information content (AvgIpc) is 2.72. The molecule has 4 nitrogen and oxygen atoms in total. The van der Waals surface area contributed by atoms with Crippen LogP contribution in [0.15, 0.2) is 41.8 Å². The van der Waals surface area contributed by atoms with Crippen LogP contribution in [-0.4, -0.2) is 35.9 Å². The van der Waals surface area contributed by atoms with Gasteiger partial charge in [0.25, 0.3) is 15.9 Å². The number of carbonyl (C=O) groups is 1. The van der Waals surface area contributed by atoms with E-state index in [2.05, 4.69) is 6.58 Å². The number of aryl methyl sites for hydroxylation is 1. The fraction of sp³-hybridized carbons (Fsp3) is 0.400. The normalized spacial score (nSPS) is 25.5. The van der Waals surface area contributed by atoms with Crippen LogP contribution >= 0.6 is 23.2 Å². The molecule has 22 heavy (non-hydrogen) atoms. The Morgan fingerprint density at radius 2 is 2.00 bits per heavy atom. The Balaban J connectivity index is 2.42. The summed E-state index contributed by atoms with van der Waals surface area (Å²) in [6.45, 7) is 5.42. The molecule has 1 aromatic rings. The number of amides is 1. The minimum atomic E-state index is -3.93. The molecule has 0 spiro atoms. The molecule has 2 rings (SSSR count). The SMILES string of the molecule is C=CC[C@]1(Cl)C(=O)N(S(=O)(=O)c2ccc(C)cc2)C[C@H]1CCl. The van der Waals surface area contributed by atoms with Crippen molar-refractivity contribution < 1.29 is 13.2 Å². The number of halogens is 2. The summed E-state index contributed by atoms with van der Waals surface area (Å²) in [5, 5.41) is 0. The Morgan fingerprint density at radius 3 is 2.50 bits per heavy atom. The Bertz CT molecular complexity index is 687. The molecule has 0 aromatic heterocycles. The highest BCUT2D eigenvalue weighted by Crippen LogP contribution is 2.41. The summed E-state index contributed by atoms with van der Waals surface area (Å²) in [6, 6.07) is 6.33. The van der Waals surface area contributed by atoms with Gasteiger partial charge in [-0.05, 0) is 25.5 Å². The molecule has 1 aromatic carbocycles. The molecular weight excluding hydrogens is 345 g/mol. The number of rotatable bonds is 5. The lowest BCUT2D eigenvalue weighted by Gasteiger charge is -2.22. The summed E-state index contributed by atoms with van der Waals surface area (Å²) >= 11 is 12.3. The summed E-state index contributed by atoms with van der Waals surface area (Å²) < 4.78 is 26.2. The molecule has 0 aliphatic carbocycles. The van der Waals surface area contributed by atoms with Crippen LogP contribution in [-0.2, 0) is 14.8 Å². The highest BCUT2D eigenvalue weighted by atomic mass is 35.5. The maximum Gasteiger partial charge on any atom is 0.266 e. The molecule has 1 amide bonds. The number of hydrogen-bond donors (Lipinski definition) is 0. The molecule has 0 bridgehead atoms. The van der Waals surface area contributed by atoms with Gasteiger partial charge < -0.3 is 0 Å². The first kappa shape index (κ1) is 17.3. The highest BCUT2D eigenvalue weighted by molar-refractivity contribution is 7.89. The van der Waals surface area contributed by atoms with E-state index >= 15 is 0 Å². The first-order chi connectivity index (χ1) is 10.3. The second kappa shape index (κ2) is 6.22. The molecule has 7 heteroatoms. The minimum Gasteiger partial charge on any atom is -0.272 e. The van der Waals surface area contributed by atoms with Crippen LogP contribution in [0.4, 0.5) is 0 Å². The lowest BCUT2D eigenvalue weighted by Crippen LogP contribution is -2.40. The maximum atomic E-state index is 12.7. The molecule has 1 saturated heterocycles. The third-order valence-electron chi connectivity index (χ3n) is 3.85. The second-order valence-corrected chi connectivity index (χ2v) is 8.21.